The number of hydrogen-bond acceptors (Lipinski definition) is 6. The Morgan fingerprint density at radius 1 is 1.24 bits per heavy atom. The first-order valence-corrected chi connectivity index (χ1v) is 7.96. The van der Waals surface area contributed by atoms with Crippen LogP contribution in [0, 0.1) is 6.92 Å². The molecular formula is C18H20N4O3. The van der Waals surface area contributed by atoms with Gasteiger partial charge in [0.05, 0.1) is 0 Å². The third-order valence-electron chi connectivity index (χ3n) is 3.69. The van der Waals surface area contributed by atoms with Crippen LogP contribution in [0.3, 0.4) is 0 Å². The Morgan fingerprint density at radius 3 is 2.52 bits per heavy atom. The Kier molecular flexibility index (Phi) is 4.39. The average molecular weight is 340 g/mol. The summed E-state index contributed by atoms with van der Waals surface area (Å²) < 4.78 is 10.8. The maximum Gasteiger partial charge on any atom is 0.359 e. The summed E-state index contributed by atoms with van der Waals surface area (Å²) in [6.07, 6.45) is -0.787. The molecule has 1 aromatic carbocycles. The molecule has 130 valence electrons. The molecule has 7 nitrogen and oxygen atoms in total. The van der Waals surface area contributed by atoms with Crippen LogP contribution < -0.4 is 0 Å². The van der Waals surface area contributed by atoms with Gasteiger partial charge >= 0.3 is 5.97 Å². The van der Waals surface area contributed by atoms with Crippen molar-refractivity contribution in [2.24, 2.45) is 0 Å². The first-order valence-electron chi connectivity index (χ1n) is 7.96. The van der Waals surface area contributed by atoms with Crippen LogP contribution >= 0.6 is 0 Å². The largest absolute Gasteiger partial charge is 0.442 e. The van der Waals surface area contributed by atoms with Gasteiger partial charge in [0.25, 0.3) is 5.89 Å². The number of nitrogens with one attached hydrogen (secondary N) is 1. The molecule has 0 radical (unpaired) electrons. The second-order valence-corrected chi connectivity index (χ2v) is 6.79. The number of nitrogens with zero attached hydrogens (tertiary/aromatic N) is 3. The number of rotatable bonds is 4. The maximum atomic E-state index is 12.6. The van der Waals surface area contributed by atoms with E-state index in [1.165, 1.54) is 0 Å². The summed E-state index contributed by atoms with van der Waals surface area (Å²) in [7, 11) is 0. The average Bonchev–Trinajstić information content (AvgIpc) is 3.22. The minimum absolute atomic E-state index is 0.145. The molecule has 2 aromatic heterocycles. The van der Waals surface area contributed by atoms with Crippen LogP contribution in [0.15, 0.2) is 40.9 Å². The molecule has 1 atom stereocenters. The Bertz CT molecular complexity index is 862. The topological polar surface area (TPSA) is 93.9 Å². The highest BCUT2D eigenvalue weighted by Crippen LogP contribution is 2.26. The highest BCUT2D eigenvalue weighted by molar-refractivity contribution is 5.87. The second kappa shape index (κ2) is 6.51. The molecule has 3 rings (SSSR count). The number of aromatic amines is 1. The van der Waals surface area contributed by atoms with Crippen molar-refractivity contribution >= 4 is 5.97 Å². The fourth-order valence-corrected chi connectivity index (χ4v) is 2.29. The fourth-order valence-electron chi connectivity index (χ4n) is 2.29. The van der Waals surface area contributed by atoms with E-state index >= 15 is 0 Å². The SMILES string of the molecule is Cc1noc([C@@H](OC(=O)c2cc(C(C)(C)C)[nH]n2)c2ccccc2)n1. The molecular weight excluding hydrogens is 320 g/mol. The zero-order valence-electron chi connectivity index (χ0n) is 14.6. The van der Waals surface area contributed by atoms with E-state index in [-0.39, 0.29) is 17.0 Å². The van der Waals surface area contributed by atoms with Crippen LogP contribution in [0.2, 0.25) is 0 Å². The van der Waals surface area contributed by atoms with Crippen molar-refractivity contribution in [3.8, 4) is 0 Å². The molecule has 0 saturated carbocycles. The van der Waals surface area contributed by atoms with E-state index in [2.05, 4.69) is 20.3 Å². The van der Waals surface area contributed by atoms with Crippen molar-refractivity contribution < 1.29 is 14.1 Å². The minimum Gasteiger partial charge on any atom is -0.442 e. The summed E-state index contributed by atoms with van der Waals surface area (Å²) in [5, 5.41) is 10.7. The number of carbonyl (C=O) groups is 1. The van der Waals surface area contributed by atoms with Crippen molar-refractivity contribution in [1.29, 1.82) is 0 Å². The summed E-state index contributed by atoms with van der Waals surface area (Å²) in [4.78, 5) is 16.7. The summed E-state index contributed by atoms with van der Waals surface area (Å²) in [6.45, 7) is 7.80. The second-order valence-electron chi connectivity index (χ2n) is 6.79. The predicted molar refractivity (Wildman–Crippen MR) is 90.0 cm³/mol. The predicted octanol–water partition coefficient (Wildman–Crippen LogP) is 3.35. The van der Waals surface area contributed by atoms with Crippen LogP contribution in [-0.4, -0.2) is 26.3 Å². The van der Waals surface area contributed by atoms with Gasteiger partial charge in [-0.3, -0.25) is 5.10 Å². The monoisotopic (exact) mass is 340 g/mol. The van der Waals surface area contributed by atoms with Gasteiger partial charge in [0.15, 0.2) is 11.5 Å². The number of carbonyl (C=O) groups excluding carboxylic acids is 1. The lowest BCUT2D eigenvalue weighted by Crippen LogP contribution is -2.14. The van der Waals surface area contributed by atoms with Gasteiger partial charge in [-0.05, 0) is 13.0 Å². The third kappa shape index (κ3) is 3.76. The minimum atomic E-state index is -0.787. The van der Waals surface area contributed by atoms with Gasteiger partial charge in [0.1, 0.15) is 0 Å². The molecule has 0 amide bonds. The van der Waals surface area contributed by atoms with E-state index in [9.17, 15) is 4.79 Å². The fraction of sp³-hybridized carbons (Fsp3) is 0.333. The lowest BCUT2D eigenvalue weighted by Gasteiger charge is -2.15. The van der Waals surface area contributed by atoms with Crippen molar-refractivity contribution in [3.05, 3.63) is 65.1 Å². The van der Waals surface area contributed by atoms with Crippen molar-refractivity contribution in [3.63, 3.8) is 0 Å². The first-order chi connectivity index (χ1) is 11.8. The molecule has 2 heterocycles. The number of esters is 1. The Morgan fingerprint density at radius 2 is 1.96 bits per heavy atom. The molecule has 0 spiro atoms. The molecule has 0 bridgehead atoms. The Labute approximate surface area is 145 Å². The van der Waals surface area contributed by atoms with Crippen LogP contribution in [-0.2, 0) is 10.2 Å². The molecule has 0 aliphatic rings. The van der Waals surface area contributed by atoms with E-state index in [1.807, 2.05) is 51.1 Å². The lowest BCUT2D eigenvalue weighted by molar-refractivity contribution is 0.0308. The number of ether oxygens (including phenoxy) is 1. The van der Waals surface area contributed by atoms with Crippen molar-refractivity contribution in [2.45, 2.75) is 39.2 Å². The smallest absolute Gasteiger partial charge is 0.359 e. The zero-order chi connectivity index (χ0) is 18.0. The molecule has 1 N–H and O–H groups in total. The molecule has 25 heavy (non-hydrogen) atoms. The first kappa shape index (κ1) is 16.9. The summed E-state index contributed by atoms with van der Waals surface area (Å²) in [5.41, 5.74) is 1.66. The van der Waals surface area contributed by atoms with E-state index in [4.69, 9.17) is 9.26 Å². The standard InChI is InChI=1S/C18H20N4O3/c1-11-19-16(25-22-11)15(12-8-6-5-7-9-12)24-17(23)13-10-14(21-20-13)18(2,3)4/h5-10,15H,1-4H3,(H,20,21)/t15-/m0/s1. The number of H-pyrrole nitrogens is 1. The molecule has 0 unspecified atom stereocenters. The molecule has 3 aromatic rings. The number of aromatic nitrogens is 4. The Balaban J connectivity index is 1.88. The van der Waals surface area contributed by atoms with Crippen LogP contribution in [0.4, 0.5) is 0 Å². The summed E-state index contributed by atoms with van der Waals surface area (Å²) in [5.74, 6) is 0.141. The van der Waals surface area contributed by atoms with Gasteiger partial charge in [-0.25, -0.2) is 4.79 Å². The summed E-state index contributed by atoms with van der Waals surface area (Å²) >= 11 is 0. The maximum absolute atomic E-state index is 12.6. The molecule has 0 aliphatic carbocycles. The van der Waals surface area contributed by atoms with Crippen LogP contribution in [0.5, 0.6) is 0 Å². The van der Waals surface area contributed by atoms with E-state index < -0.39 is 12.1 Å². The molecule has 0 fully saturated rings. The number of hydrogen-bond donors (Lipinski definition) is 1. The van der Waals surface area contributed by atoms with Crippen LogP contribution in [0.25, 0.3) is 0 Å². The lowest BCUT2D eigenvalue weighted by atomic mass is 9.92. The van der Waals surface area contributed by atoms with Crippen molar-refractivity contribution in [1.82, 2.24) is 20.3 Å². The normalized spacial score (nSPS) is 12.8. The third-order valence-corrected chi connectivity index (χ3v) is 3.69. The highest BCUT2D eigenvalue weighted by atomic mass is 16.6. The number of aryl methyl sites for hydroxylation is 1. The van der Waals surface area contributed by atoms with Gasteiger partial charge < -0.3 is 9.26 Å². The van der Waals surface area contributed by atoms with Crippen LogP contribution in [0.1, 0.15) is 60.3 Å². The quantitative estimate of drug-likeness (QED) is 0.732. The van der Waals surface area contributed by atoms with Gasteiger partial charge in [0, 0.05) is 16.7 Å². The number of benzene rings is 1. The zero-order valence-corrected chi connectivity index (χ0v) is 14.6. The van der Waals surface area contributed by atoms with Gasteiger partial charge in [0.2, 0.25) is 6.10 Å². The van der Waals surface area contributed by atoms with Gasteiger partial charge in [-0.15, -0.1) is 0 Å². The highest BCUT2D eigenvalue weighted by Gasteiger charge is 2.27. The molecule has 7 heteroatoms. The van der Waals surface area contributed by atoms with E-state index in [1.54, 1.807) is 13.0 Å². The van der Waals surface area contributed by atoms with Gasteiger partial charge in [-0.2, -0.15) is 10.1 Å². The summed E-state index contributed by atoms with van der Waals surface area (Å²) in [6, 6.07) is 11.0. The Hall–Kier alpha value is -2.96. The van der Waals surface area contributed by atoms with E-state index in [0.717, 1.165) is 11.3 Å². The van der Waals surface area contributed by atoms with E-state index in [0.29, 0.717) is 5.82 Å². The molecule has 0 saturated heterocycles. The van der Waals surface area contributed by atoms with Crippen molar-refractivity contribution in [2.75, 3.05) is 0 Å². The molecule has 0 aliphatic heterocycles. The van der Waals surface area contributed by atoms with Gasteiger partial charge in [-0.1, -0.05) is 56.3 Å².